The molecule has 0 radical (unpaired) electrons. The fraction of sp³-hybridized carbons (Fsp3) is 0.650. The van der Waals surface area contributed by atoms with Gasteiger partial charge in [-0.1, -0.05) is 58.2 Å². The maximum Gasteiger partial charge on any atom is 0.426 e. The van der Waals surface area contributed by atoms with Crippen molar-refractivity contribution in [3.05, 3.63) is 30.3 Å². The predicted octanol–water partition coefficient (Wildman–Crippen LogP) is 6.05. The second kappa shape index (κ2) is 11.8. The van der Waals surface area contributed by atoms with Gasteiger partial charge in [-0.25, -0.2) is 10.2 Å². The molecule has 0 heterocycles. The Hall–Kier alpha value is -1.71. The zero-order valence-electron chi connectivity index (χ0n) is 15.6. The van der Waals surface area contributed by atoms with Crippen molar-refractivity contribution in [2.45, 2.75) is 84.2 Å². The Kier molecular flexibility index (Phi) is 9.97. The van der Waals surface area contributed by atoms with Crippen LogP contribution in [-0.4, -0.2) is 11.7 Å². The van der Waals surface area contributed by atoms with Gasteiger partial charge in [0.05, 0.1) is 5.69 Å². The van der Waals surface area contributed by atoms with Gasteiger partial charge in [0, 0.05) is 0 Å². The molecule has 0 bridgehead atoms. The first-order valence-corrected chi connectivity index (χ1v) is 9.46. The Morgan fingerprint density at radius 2 is 1.42 bits per heavy atom. The van der Waals surface area contributed by atoms with Crippen molar-refractivity contribution in [1.29, 1.82) is 0 Å². The molecule has 0 aliphatic heterocycles. The summed E-state index contributed by atoms with van der Waals surface area (Å²) in [6.07, 6.45) is 9.08. The van der Waals surface area contributed by atoms with Gasteiger partial charge in [0.15, 0.2) is 0 Å². The van der Waals surface area contributed by atoms with Gasteiger partial charge >= 0.3 is 6.09 Å². The molecule has 4 nitrogen and oxygen atoms in total. The van der Waals surface area contributed by atoms with Crippen LogP contribution in [-0.2, 0) is 4.74 Å². The van der Waals surface area contributed by atoms with Gasteiger partial charge in [-0.2, -0.15) is 0 Å². The van der Waals surface area contributed by atoms with Crippen molar-refractivity contribution in [3.8, 4) is 0 Å². The number of para-hydroxylation sites is 1. The lowest BCUT2D eigenvalue weighted by Crippen LogP contribution is -2.41. The number of carbonyl (C=O) groups is 1. The second-order valence-corrected chi connectivity index (χ2v) is 6.50. The molecule has 1 rings (SSSR count). The largest absolute Gasteiger partial charge is 0.442 e. The van der Waals surface area contributed by atoms with Crippen LogP contribution in [0, 0.1) is 0 Å². The van der Waals surface area contributed by atoms with Crippen LogP contribution in [0.1, 0.15) is 78.6 Å². The molecule has 0 aliphatic rings. The Bertz CT molecular complexity index is 426. The van der Waals surface area contributed by atoms with Crippen LogP contribution in [0.3, 0.4) is 0 Å². The van der Waals surface area contributed by atoms with E-state index < -0.39 is 0 Å². The number of hydrogen-bond donors (Lipinski definition) is 2. The van der Waals surface area contributed by atoms with Crippen molar-refractivity contribution in [2.75, 3.05) is 5.43 Å². The number of nitrogens with one attached hydrogen (secondary N) is 2. The fourth-order valence-corrected chi connectivity index (χ4v) is 2.89. The Morgan fingerprint density at radius 1 is 0.917 bits per heavy atom. The summed E-state index contributed by atoms with van der Waals surface area (Å²) in [5.74, 6) is 0. The van der Waals surface area contributed by atoms with E-state index in [-0.39, 0.29) is 11.7 Å². The summed E-state index contributed by atoms with van der Waals surface area (Å²) >= 11 is 0. The molecule has 2 N–H and O–H groups in total. The number of anilines is 1. The number of carbonyl (C=O) groups excluding carboxylic acids is 1. The Balaban J connectivity index is 2.66. The second-order valence-electron chi connectivity index (χ2n) is 6.50. The number of rotatable bonds is 12. The smallest absolute Gasteiger partial charge is 0.426 e. The summed E-state index contributed by atoms with van der Waals surface area (Å²) in [6, 6.07) is 9.58. The number of hydrazine groups is 1. The molecule has 0 aromatic heterocycles. The van der Waals surface area contributed by atoms with Gasteiger partial charge in [-0.3, -0.25) is 5.43 Å². The standard InChI is InChI=1S/C20H34N2O2/c1-4-7-15-20(16-8-5-2,17-9-6-3)24-19(23)22-21-18-13-11-10-12-14-18/h10-14,21H,4-9,15-17H2,1-3H3,(H,22,23). The SMILES string of the molecule is CCCCC(CCCC)(CCCC)OC(=O)NNc1ccccc1. The van der Waals surface area contributed by atoms with E-state index >= 15 is 0 Å². The van der Waals surface area contributed by atoms with Crippen molar-refractivity contribution in [2.24, 2.45) is 0 Å². The van der Waals surface area contributed by atoms with E-state index in [0.717, 1.165) is 63.5 Å². The van der Waals surface area contributed by atoms with E-state index in [1.165, 1.54) is 0 Å². The molecule has 1 aromatic carbocycles. The van der Waals surface area contributed by atoms with Gasteiger partial charge in [0.25, 0.3) is 0 Å². The highest BCUT2D eigenvalue weighted by atomic mass is 16.6. The number of ether oxygens (including phenoxy) is 1. The third-order valence-electron chi connectivity index (χ3n) is 4.35. The van der Waals surface area contributed by atoms with E-state index in [0.29, 0.717) is 0 Å². The zero-order chi connectivity index (χ0) is 17.7. The van der Waals surface area contributed by atoms with Crippen molar-refractivity contribution >= 4 is 11.8 Å². The topological polar surface area (TPSA) is 50.4 Å². The highest BCUT2D eigenvalue weighted by molar-refractivity contribution is 5.69. The first kappa shape index (κ1) is 20.3. The molecular formula is C20H34N2O2. The Labute approximate surface area is 147 Å². The minimum Gasteiger partial charge on any atom is -0.442 e. The highest BCUT2D eigenvalue weighted by Gasteiger charge is 2.32. The average Bonchev–Trinajstić information content (AvgIpc) is 2.62. The third kappa shape index (κ3) is 7.71. The van der Waals surface area contributed by atoms with Crippen LogP contribution in [0.15, 0.2) is 30.3 Å². The number of hydrogen-bond acceptors (Lipinski definition) is 3. The van der Waals surface area contributed by atoms with Crippen LogP contribution in [0.2, 0.25) is 0 Å². The molecule has 0 spiro atoms. The molecule has 1 amide bonds. The molecule has 136 valence electrons. The quantitative estimate of drug-likeness (QED) is 0.457. The summed E-state index contributed by atoms with van der Waals surface area (Å²) in [4.78, 5) is 12.3. The molecule has 4 heteroatoms. The van der Waals surface area contributed by atoms with Gasteiger partial charge in [-0.15, -0.1) is 0 Å². The molecule has 24 heavy (non-hydrogen) atoms. The lowest BCUT2D eigenvalue weighted by Gasteiger charge is -2.34. The van der Waals surface area contributed by atoms with Gasteiger partial charge < -0.3 is 4.74 Å². The highest BCUT2D eigenvalue weighted by Crippen LogP contribution is 2.31. The molecule has 1 aromatic rings. The maximum atomic E-state index is 12.3. The number of unbranched alkanes of at least 4 members (excludes halogenated alkanes) is 3. The minimum atomic E-state index is -0.387. The van der Waals surface area contributed by atoms with Crippen LogP contribution in [0.5, 0.6) is 0 Å². The molecule has 0 atom stereocenters. The van der Waals surface area contributed by atoms with E-state index in [1.807, 2.05) is 30.3 Å². The summed E-state index contributed by atoms with van der Waals surface area (Å²) in [5, 5.41) is 0. The van der Waals surface area contributed by atoms with Crippen molar-refractivity contribution in [1.82, 2.24) is 5.43 Å². The molecule has 0 saturated heterocycles. The van der Waals surface area contributed by atoms with Gasteiger partial charge in [0.1, 0.15) is 5.60 Å². The molecule has 0 unspecified atom stereocenters. The summed E-state index contributed by atoms with van der Waals surface area (Å²) in [5.41, 5.74) is 6.10. The monoisotopic (exact) mass is 334 g/mol. The summed E-state index contributed by atoms with van der Waals surface area (Å²) < 4.78 is 5.95. The molecule has 0 fully saturated rings. The zero-order valence-corrected chi connectivity index (χ0v) is 15.6. The van der Waals surface area contributed by atoms with Crippen molar-refractivity contribution in [3.63, 3.8) is 0 Å². The summed E-state index contributed by atoms with van der Waals surface area (Å²) in [7, 11) is 0. The van der Waals surface area contributed by atoms with Crippen LogP contribution in [0.25, 0.3) is 0 Å². The van der Waals surface area contributed by atoms with Crippen LogP contribution >= 0.6 is 0 Å². The molecular weight excluding hydrogens is 300 g/mol. The molecule has 0 aliphatic carbocycles. The fourth-order valence-electron chi connectivity index (χ4n) is 2.89. The number of benzene rings is 1. The van der Waals surface area contributed by atoms with E-state index in [9.17, 15) is 4.79 Å². The molecule has 0 saturated carbocycles. The van der Waals surface area contributed by atoms with E-state index in [2.05, 4.69) is 31.6 Å². The first-order valence-electron chi connectivity index (χ1n) is 9.46. The Morgan fingerprint density at radius 3 is 1.88 bits per heavy atom. The third-order valence-corrected chi connectivity index (χ3v) is 4.35. The average molecular weight is 335 g/mol. The summed E-state index contributed by atoms with van der Waals surface area (Å²) in [6.45, 7) is 6.55. The van der Waals surface area contributed by atoms with E-state index in [1.54, 1.807) is 0 Å². The first-order chi connectivity index (χ1) is 11.7. The normalized spacial score (nSPS) is 11.1. The van der Waals surface area contributed by atoms with E-state index in [4.69, 9.17) is 4.74 Å². The number of amides is 1. The van der Waals surface area contributed by atoms with Gasteiger partial charge in [-0.05, 0) is 50.7 Å². The maximum absolute atomic E-state index is 12.3. The van der Waals surface area contributed by atoms with Crippen molar-refractivity contribution < 1.29 is 9.53 Å². The lowest BCUT2D eigenvalue weighted by atomic mass is 9.86. The van der Waals surface area contributed by atoms with Gasteiger partial charge in [0.2, 0.25) is 0 Å². The van der Waals surface area contributed by atoms with Crippen LogP contribution in [0.4, 0.5) is 10.5 Å². The minimum absolute atomic E-state index is 0.329. The predicted molar refractivity (Wildman–Crippen MR) is 101 cm³/mol. The lowest BCUT2D eigenvalue weighted by molar-refractivity contribution is -0.0126. The van der Waals surface area contributed by atoms with Crippen LogP contribution < -0.4 is 10.9 Å².